The molecule has 9 heteroatoms. The van der Waals surface area contributed by atoms with Gasteiger partial charge in [0.2, 0.25) is 0 Å². The van der Waals surface area contributed by atoms with Gasteiger partial charge in [0.25, 0.3) is 0 Å². The third-order valence-corrected chi connectivity index (χ3v) is 2.43. The van der Waals surface area contributed by atoms with E-state index in [9.17, 15) is 10.1 Å². The van der Waals surface area contributed by atoms with Gasteiger partial charge in [-0.2, -0.15) is 5.10 Å². The lowest BCUT2D eigenvalue weighted by Gasteiger charge is -2.11. The summed E-state index contributed by atoms with van der Waals surface area (Å²) in [6.07, 6.45) is 1.57. The molecule has 0 aliphatic heterocycles. The first-order chi connectivity index (χ1) is 9.56. The zero-order valence-electron chi connectivity index (χ0n) is 10.9. The molecule has 2 rings (SSSR count). The number of nitrogens with zero attached hydrogens (tertiary/aromatic N) is 5. The minimum Gasteiger partial charge on any atom is -0.390 e. The monoisotopic (exact) mass is 275 g/mol. The van der Waals surface area contributed by atoms with E-state index in [1.807, 2.05) is 43.3 Å². The van der Waals surface area contributed by atoms with Gasteiger partial charge in [-0.3, -0.25) is 0 Å². The van der Waals surface area contributed by atoms with Crippen LogP contribution in [0.2, 0.25) is 0 Å². The molecule has 0 bridgehead atoms. The van der Waals surface area contributed by atoms with Crippen LogP contribution in [0.15, 0.2) is 29.4 Å². The number of rotatable bonds is 5. The van der Waals surface area contributed by atoms with Crippen LogP contribution in [0.25, 0.3) is 0 Å². The summed E-state index contributed by atoms with van der Waals surface area (Å²) in [6.45, 7) is 0. The molecule has 1 aromatic carbocycles. The van der Waals surface area contributed by atoms with Crippen LogP contribution in [0.1, 0.15) is 5.56 Å². The predicted molar refractivity (Wildman–Crippen MR) is 75.0 cm³/mol. The molecule has 9 nitrogen and oxygen atoms in total. The van der Waals surface area contributed by atoms with E-state index in [0.717, 1.165) is 11.3 Å². The van der Waals surface area contributed by atoms with E-state index in [0.29, 0.717) is 0 Å². The summed E-state index contributed by atoms with van der Waals surface area (Å²) in [5.41, 5.74) is 4.47. The SMILES string of the molecule is CN(C)c1ccc(/C=N/Nc2n[nH]c([N+](=O)[O-])n2)cc1. The summed E-state index contributed by atoms with van der Waals surface area (Å²) in [5, 5.41) is 20.1. The minimum absolute atomic E-state index is 0.0397. The van der Waals surface area contributed by atoms with Crippen molar-refractivity contribution in [3.8, 4) is 0 Å². The number of aromatic amines is 1. The van der Waals surface area contributed by atoms with Crippen molar-refractivity contribution >= 4 is 23.8 Å². The molecule has 0 radical (unpaired) electrons. The Morgan fingerprint density at radius 2 is 2.10 bits per heavy atom. The number of hydrogen-bond donors (Lipinski definition) is 2. The summed E-state index contributed by atoms with van der Waals surface area (Å²) in [7, 11) is 3.92. The first-order valence-corrected chi connectivity index (χ1v) is 5.69. The summed E-state index contributed by atoms with van der Waals surface area (Å²) in [4.78, 5) is 15.3. The van der Waals surface area contributed by atoms with E-state index in [4.69, 9.17) is 0 Å². The zero-order chi connectivity index (χ0) is 14.5. The molecule has 0 fully saturated rings. The second-order valence-corrected chi connectivity index (χ2v) is 4.10. The van der Waals surface area contributed by atoms with E-state index < -0.39 is 10.9 Å². The fraction of sp³-hybridized carbons (Fsp3) is 0.182. The molecule has 0 atom stereocenters. The molecule has 1 aromatic heterocycles. The summed E-state index contributed by atoms with van der Waals surface area (Å²) in [5.74, 6) is -0.393. The maximum atomic E-state index is 10.4. The van der Waals surface area contributed by atoms with Gasteiger partial charge in [-0.1, -0.05) is 17.2 Å². The second kappa shape index (κ2) is 5.78. The van der Waals surface area contributed by atoms with Crippen molar-refractivity contribution in [2.24, 2.45) is 5.10 Å². The normalized spacial score (nSPS) is 10.7. The maximum Gasteiger partial charge on any atom is 0.455 e. The van der Waals surface area contributed by atoms with Crippen molar-refractivity contribution in [1.82, 2.24) is 15.2 Å². The summed E-state index contributed by atoms with van der Waals surface area (Å²) in [6, 6.07) is 7.72. The van der Waals surface area contributed by atoms with E-state index in [1.54, 1.807) is 6.21 Å². The second-order valence-electron chi connectivity index (χ2n) is 4.10. The van der Waals surface area contributed by atoms with E-state index >= 15 is 0 Å². The van der Waals surface area contributed by atoms with Gasteiger partial charge >= 0.3 is 11.9 Å². The van der Waals surface area contributed by atoms with Crippen molar-refractivity contribution in [3.05, 3.63) is 39.9 Å². The predicted octanol–water partition coefficient (Wildman–Crippen LogP) is 1.22. The molecule has 0 saturated heterocycles. The number of anilines is 2. The molecule has 0 unspecified atom stereocenters. The van der Waals surface area contributed by atoms with E-state index in [2.05, 4.69) is 25.7 Å². The fourth-order valence-electron chi connectivity index (χ4n) is 1.41. The van der Waals surface area contributed by atoms with Crippen molar-refractivity contribution in [1.29, 1.82) is 0 Å². The van der Waals surface area contributed by atoms with Crippen molar-refractivity contribution in [3.63, 3.8) is 0 Å². The van der Waals surface area contributed by atoms with E-state index in [1.165, 1.54) is 0 Å². The van der Waals surface area contributed by atoms with Crippen LogP contribution in [0.4, 0.5) is 17.6 Å². The fourth-order valence-corrected chi connectivity index (χ4v) is 1.41. The molecule has 0 aliphatic rings. The van der Waals surface area contributed by atoms with Crippen LogP contribution < -0.4 is 10.3 Å². The number of benzene rings is 1. The molecule has 0 amide bonds. The zero-order valence-corrected chi connectivity index (χ0v) is 10.9. The van der Waals surface area contributed by atoms with Gasteiger partial charge in [0.05, 0.1) is 6.21 Å². The molecule has 0 spiro atoms. The quantitative estimate of drug-likeness (QED) is 0.482. The summed E-state index contributed by atoms with van der Waals surface area (Å²) < 4.78 is 0. The number of hydrogen-bond acceptors (Lipinski definition) is 7. The lowest BCUT2D eigenvalue weighted by molar-refractivity contribution is -0.394. The Hall–Kier alpha value is -2.97. The number of H-pyrrole nitrogens is 1. The van der Waals surface area contributed by atoms with Gasteiger partial charge in [-0.05, 0) is 27.6 Å². The first kappa shape index (κ1) is 13.5. The molecular weight excluding hydrogens is 262 g/mol. The van der Waals surface area contributed by atoms with Gasteiger partial charge in [0.15, 0.2) is 0 Å². The Kier molecular flexibility index (Phi) is 3.89. The largest absolute Gasteiger partial charge is 0.455 e. The average Bonchev–Trinajstić information content (AvgIpc) is 2.88. The standard InChI is InChI=1S/C11H13N7O2/c1-17(2)9-5-3-8(4-6-9)7-12-14-10-13-11(16-15-10)18(19)20/h3-7H,1-2H3,(H2,13,14,15,16)/b12-7+. The highest BCUT2D eigenvalue weighted by molar-refractivity contribution is 5.80. The van der Waals surface area contributed by atoms with Crippen LogP contribution in [0, 0.1) is 10.1 Å². The van der Waals surface area contributed by atoms with Crippen molar-refractivity contribution in [2.75, 3.05) is 24.4 Å². The van der Waals surface area contributed by atoms with Crippen LogP contribution in [-0.2, 0) is 0 Å². The maximum absolute atomic E-state index is 10.4. The first-order valence-electron chi connectivity index (χ1n) is 5.69. The lowest BCUT2D eigenvalue weighted by atomic mass is 10.2. The molecule has 2 N–H and O–H groups in total. The number of aromatic nitrogens is 3. The highest BCUT2D eigenvalue weighted by Crippen LogP contribution is 2.11. The minimum atomic E-state index is -0.665. The Balaban J connectivity index is 1.97. The Morgan fingerprint density at radius 1 is 1.40 bits per heavy atom. The summed E-state index contributed by atoms with van der Waals surface area (Å²) >= 11 is 0. The van der Waals surface area contributed by atoms with Gasteiger partial charge in [-0.25, -0.2) is 5.43 Å². The molecule has 0 aliphatic carbocycles. The highest BCUT2D eigenvalue weighted by atomic mass is 16.6. The highest BCUT2D eigenvalue weighted by Gasteiger charge is 2.12. The molecule has 20 heavy (non-hydrogen) atoms. The van der Waals surface area contributed by atoms with Crippen LogP contribution in [-0.4, -0.2) is 40.4 Å². The number of nitrogens with one attached hydrogen (secondary N) is 2. The topological polar surface area (TPSA) is 112 Å². The number of nitro groups is 1. The van der Waals surface area contributed by atoms with Gasteiger partial charge < -0.3 is 15.0 Å². The van der Waals surface area contributed by atoms with Crippen molar-refractivity contribution < 1.29 is 4.92 Å². The molecule has 104 valence electrons. The van der Waals surface area contributed by atoms with Gasteiger partial charge in [-0.15, -0.1) is 5.10 Å². The molecule has 0 saturated carbocycles. The third-order valence-electron chi connectivity index (χ3n) is 2.43. The molecular formula is C11H13N7O2. The Labute approximate surface area is 114 Å². The molecule has 2 aromatic rings. The van der Waals surface area contributed by atoms with Crippen LogP contribution in [0.3, 0.4) is 0 Å². The Bertz CT molecular complexity index is 618. The van der Waals surface area contributed by atoms with Crippen molar-refractivity contribution in [2.45, 2.75) is 0 Å². The van der Waals surface area contributed by atoms with Gasteiger partial charge in [0, 0.05) is 19.8 Å². The number of hydrazone groups is 1. The van der Waals surface area contributed by atoms with Crippen LogP contribution >= 0.6 is 0 Å². The van der Waals surface area contributed by atoms with Gasteiger partial charge in [0.1, 0.15) is 0 Å². The third kappa shape index (κ3) is 3.28. The average molecular weight is 275 g/mol. The molecule has 1 heterocycles. The van der Waals surface area contributed by atoms with Crippen LogP contribution in [0.5, 0.6) is 0 Å². The smallest absolute Gasteiger partial charge is 0.390 e. The van der Waals surface area contributed by atoms with E-state index in [-0.39, 0.29) is 5.95 Å². The Morgan fingerprint density at radius 3 is 2.65 bits per heavy atom. The lowest BCUT2D eigenvalue weighted by Crippen LogP contribution is -2.08.